The fourth-order valence-corrected chi connectivity index (χ4v) is 4.43. The zero-order chi connectivity index (χ0) is 21.7. The highest BCUT2D eigenvalue weighted by Crippen LogP contribution is 2.32. The molecule has 31 heavy (non-hydrogen) atoms. The fourth-order valence-electron chi connectivity index (χ4n) is 3.36. The molecule has 4 aromatic rings. The smallest absolute Gasteiger partial charge is 0.211 e. The highest BCUT2D eigenvalue weighted by molar-refractivity contribution is 7.89. The van der Waals surface area contributed by atoms with Crippen LogP contribution in [0.4, 0.5) is 0 Å². The van der Waals surface area contributed by atoms with Crippen molar-refractivity contribution in [1.82, 2.24) is 19.5 Å². The highest BCUT2D eigenvalue weighted by atomic mass is 32.2. The lowest BCUT2D eigenvalue weighted by Crippen LogP contribution is -2.25. The van der Waals surface area contributed by atoms with Gasteiger partial charge in [0.05, 0.1) is 11.4 Å². The van der Waals surface area contributed by atoms with E-state index in [2.05, 4.69) is 9.71 Å². The van der Waals surface area contributed by atoms with E-state index in [9.17, 15) is 8.42 Å². The second-order valence-electron chi connectivity index (χ2n) is 7.24. The monoisotopic (exact) mass is 432 g/mol. The zero-order valence-electron chi connectivity index (χ0n) is 17.3. The third kappa shape index (κ3) is 5.07. The van der Waals surface area contributed by atoms with Crippen LogP contribution in [0.1, 0.15) is 18.9 Å². The maximum absolute atomic E-state index is 11.9. The number of pyridine rings is 1. The summed E-state index contributed by atoms with van der Waals surface area (Å²) in [5, 5.41) is 4.84. The molecule has 7 heteroatoms. The largest absolute Gasteiger partial charge is 0.265 e. The molecule has 1 N–H and O–H groups in total. The Morgan fingerprint density at radius 1 is 0.903 bits per heavy atom. The number of nitrogens with zero attached hydrogens (tertiary/aromatic N) is 3. The summed E-state index contributed by atoms with van der Waals surface area (Å²) in [6, 6.07) is 21.7. The number of aromatic nitrogens is 3. The van der Waals surface area contributed by atoms with Crippen molar-refractivity contribution < 1.29 is 8.42 Å². The van der Waals surface area contributed by atoms with Gasteiger partial charge in [-0.2, -0.15) is 5.10 Å². The Labute approximate surface area is 182 Å². The Morgan fingerprint density at radius 3 is 2.29 bits per heavy atom. The number of sulfonamides is 1. The molecule has 4 rings (SSSR count). The maximum Gasteiger partial charge on any atom is 0.211 e. The van der Waals surface area contributed by atoms with Crippen molar-refractivity contribution >= 4 is 10.0 Å². The van der Waals surface area contributed by atoms with Gasteiger partial charge in [0.1, 0.15) is 5.69 Å². The van der Waals surface area contributed by atoms with E-state index in [1.165, 1.54) is 0 Å². The van der Waals surface area contributed by atoms with Crippen LogP contribution in [0.5, 0.6) is 0 Å². The molecule has 2 aromatic carbocycles. The molecule has 2 heterocycles. The van der Waals surface area contributed by atoms with Crippen molar-refractivity contribution in [3.63, 3.8) is 0 Å². The summed E-state index contributed by atoms with van der Waals surface area (Å²) in [7, 11) is -3.23. The SMILES string of the molecule is CCCS(=O)(=O)NCc1ccc(-c2cn(-c3ccccc3)nc2-c2ccncc2)cc1. The molecule has 0 aliphatic heterocycles. The highest BCUT2D eigenvalue weighted by Gasteiger charge is 2.14. The second-order valence-corrected chi connectivity index (χ2v) is 9.17. The Morgan fingerprint density at radius 2 is 1.61 bits per heavy atom. The first-order valence-electron chi connectivity index (χ1n) is 10.2. The van der Waals surface area contributed by atoms with Crippen LogP contribution in [0.2, 0.25) is 0 Å². The summed E-state index contributed by atoms with van der Waals surface area (Å²) in [5.41, 5.74) is 5.73. The van der Waals surface area contributed by atoms with Crippen LogP contribution in [-0.2, 0) is 16.6 Å². The van der Waals surface area contributed by atoms with Gasteiger partial charge in [0, 0.05) is 36.3 Å². The van der Waals surface area contributed by atoms with Gasteiger partial charge in [0.2, 0.25) is 10.0 Å². The lowest BCUT2D eigenvalue weighted by Gasteiger charge is -2.07. The number of rotatable bonds is 8. The van der Waals surface area contributed by atoms with Gasteiger partial charge >= 0.3 is 0 Å². The summed E-state index contributed by atoms with van der Waals surface area (Å²) in [5.74, 6) is 0.138. The minimum atomic E-state index is -3.23. The first kappa shape index (κ1) is 21.0. The lowest BCUT2D eigenvalue weighted by molar-refractivity contribution is 0.580. The van der Waals surface area contributed by atoms with Gasteiger partial charge in [0.25, 0.3) is 0 Å². The Kier molecular flexibility index (Phi) is 6.25. The molecule has 0 aliphatic carbocycles. The summed E-state index contributed by atoms with van der Waals surface area (Å²) >= 11 is 0. The van der Waals surface area contributed by atoms with E-state index < -0.39 is 10.0 Å². The third-order valence-corrected chi connectivity index (χ3v) is 6.45. The molecule has 0 atom stereocenters. The van der Waals surface area contributed by atoms with E-state index in [0.717, 1.165) is 33.6 Å². The molecule has 0 amide bonds. The van der Waals surface area contributed by atoms with Gasteiger partial charge in [-0.05, 0) is 41.8 Å². The fraction of sp³-hybridized carbons (Fsp3) is 0.167. The van der Waals surface area contributed by atoms with Crippen molar-refractivity contribution in [3.8, 4) is 28.1 Å². The normalized spacial score (nSPS) is 11.5. The van der Waals surface area contributed by atoms with Crippen LogP contribution in [0.15, 0.2) is 85.3 Å². The molecule has 0 saturated carbocycles. The van der Waals surface area contributed by atoms with E-state index in [0.29, 0.717) is 6.42 Å². The van der Waals surface area contributed by atoms with E-state index in [1.54, 1.807) is 12.4 Å². The van der Waals surface area contributed by atoms with Crippen molar-refractivity contribution in [2.24, 2.45) is 0 Å². The third-order valence-electron chi connectivity index (χ3n) is 4.92. The topological polar surface area (TPSA) is 76.9 Å². The van der Waals surface area contributed by atoms with Crippen molar-refractivity contribution in [1.29, 1.82) is 0 Å². The Hall–Kier alpha value is -3.29. The Bertz CT molecular complexity index is 1240. The number of benzene rings is 2. The predicted octanol–water partition coefficient (Wildman–Crippen LogP) is 4.43. The van der Waals surface area contributed by atoms with Crippen LogP contribution in [0.3, 0.4) is 0 Å². The van der Waals surface area contributed by atoms with Gasteiger partial charge in [0.15, 0.2) is 0 Å². The molecular formula is C24H24N4O2S. The minimum Gasteiger partial charge on any atom is -0.265 e. The van der Waals surface area contributed by atoms with Crippen LogP contribution >= 0.6 is 0 Å². The maximum atomic E-state index is 11.9. The van der Waals surface area contributed by atoms with Crippen LogP contribution < -0.4 is 4.72 Å². The number of para-hydroxylation sites is 1. The molecule has 0 saturated heterocycles. The number of hydrogen-bond donors (Lipinski definition) is 1. The van der Waals surface area contributed by atoms with E-state index in [4.69, 9.17) is 5.10 Å². The van der Waals surface area contributed by atoms with Crippen LogP contribution in [0.25, 0.3) is 28.1 Å². The van der Waals surface area contributed by atoms with Gasteiger partial charge in [-0.15, -0.1) is 0 Å². The minimum absolute atomic E-state index is 0.138. The zero-order valence-corrected chi connectivity index (χ0v) is 18.1. The van der Waals surface area contributed by atoms with E-state index >= 15 is 0 Å². The van der Waals surface area contributed by atoms with Gasteiger partial charge in [-0.25, -0.2) is 17.8 Å². The number of nitrogens with one attached hydrogen (secondary N) is 1. The average molecular weight is 433 g/mol. The predicted molar refractivity (Wildman–Crippen MR) is 123 cm³/mol. The standard InChI is InChI=1S/C24H24N4O2S/c1-2-16-31(29,30)26-17-19-8-10-20(11-9-19)23-18-28(22-6-4-3-5-7-22)27-24(23)21-12-14-25-15-13-21/h3-15,18,26H,2,16-17H2,1H3. The number of hydrogen-bond acceptors (Lipinski definition) is 4. The summed E-state index contributed by atoms with van der Waals surface area (Å²) in [6.07, 6.45) is 6.12. The quantitative estimate of drug-likeness (QED) is 0.447. The average Bonchev–Trinajstić information content (AvgIpc) is 3.25. The molecule has 2 aromatic heterocycles. The van der Waals surface area contributed by atoms with E-state index in [1.807, 2.05) is 84.5 Å². The van der Waals surface area contributed by atoms with E-state index in [-0.39, 0.29) is 12.3 Å². The second kappa shape index (κ2) is 9.24. The molecular weight excluding hydrogens is 408 g/mol. The summed E-state index contributed by atoms with van der Waals surface area (Å²) < 4.78 is 28.3. The first-order chi connectivity index (χ1) is 15.1. The summed E-state index contributed by atoms with van der Waals surface area (Å²) in [6.45, 7) is 2.13. The van der Waals surface area contributed by atoms with Crippen LogP contribution in [-0.4, -0.2) is 28.9 Å². The molecule has 0 radical (unpaired) electrons. The molecule has 0 bridgehead atoms. The Balaban J connectivity index is 1.66. The molecule has 0 spiro atoms. The van der Waals surface area contributed by atoms with Crippen molar-refractivity contribution in [2.45, 2.75) is 19.9 Å². The summed E-state index contributed by atoms with van der Waals surface area (Å²) in [4.78, 5) is 4.11. The van der Waals surface area contributed by atoms with Crippen LogP contribution in [0, 0.1) is 0 Å². The molecule has 0 fully saturated rings. The van der Waals surface area contributed by atoms with Crippen molar-refractivity contribution in [3.05, 3.63) is 90.9 Å². The van der Waals surface area contributed by atoms with Crippen molar-refractivity contribution in [2.75, 3.05) is 5.75 Å². The van der Waals surface area contributed by atoms with Gasteiger partial charge in [-0.1, -0.05) is 49.4 Å². The molecule has 0 aliphatic rings. The van der Waals surface area contributed by atoms with Gasteiger partial charge in [-0.3, -0.25) is 4.98 Å². The van der Waals surface area contributed by atoms with Gasteiger partial charge < -0.3 is 0 Å². The molecule has 0 unspecified atom stereocenters. The molecule has 6 nitrogen and oxygen atoms in total. The molecule has 158 valence electrons. The first-order valence-corrected chi connectivity index (χ1v) is 11.8. The lowest BCUT2D eigenvalue weighted by atomic mass is 10.0.